The first-order chi connectivity index (χ1) is 10.8. The first-order valence-electron chi connectivity index (χ1n) is 6.59. The molecule has 2 saturated heterocycles. The Morgan fingerprint density at radius 2 is 2.09 bits per heavy atom. The summed E-state index contributed by atoms with van der Waals surface area (Å²) in [7, 11) is -3.13. The van der Waals surface area contributed by atoms with Gasteiger partial charge in [-0.25, -0.2) is 8.42 Å². The van der Waals surface area contributed by atoms with Gasteiger partial charge in [0.1, 0.15) is 5.88 Å². The van der Waals surface area contributed by atoms with Gasteiger partial charge in [-0.2, -0.15) is 4.99 Å². The lowest BCUT2D eigenvalue weighted by Gasteiger charge is -2.25. The number of halogens is 3. The van der Waals surface area contributed by atoms with Crippen molar-refractivity contribution in [2.24, 2.45) is 4.99 Å². The minimum Gasteiger partial charge on any atom is -0.314 e. The Bertz CT molecular complexity index is 798. The summed E-state index contributed by atoms with van der Waals surface area (Å²) < 4.78 is 23.9. The van der Waals surface area contributed by atoms with Gasteiger partial charge in [-0.3, -0.25) is 4.79 Å². The molecule has 1 amide bonds. The monoisotopic (exact) mass is 412 g/mol. The molecule has 1 aromatic carbocycles. The zero-order chi connectivity index (χ0) is 16.8. The number of carbonyl (C=O) groups is 1. The number of hydrogen-bond acceptors (Lipinski definition) is 4. The second-order valence-corrected chi connectivity index (χ2v) is 9.66. The van der Waals surface area contributed by atoms with E-state index in [2.05, 4.69) is 4.99 Å². The van der Waals surface area contributed by atoms with Gasteiger partial charge in [-0.1, -0.05) is 35.0 Å². The predicted molar refractivity (Wildman–Crippen MR) is 95.9 cm³/mol. The quantitative estimate of drug-likeness (QED) is 0.698. The Balaban J connectivity index is 2.08. The smallest absolute Gasteiger partial charge is 0.262 e. The van der Waals surface area contributed by atoms with E-state index in [1.165, 1.54) is 11.8 Å². The molecule has 0 aliphatic carbocycles. The normalized spacial score (nSPS) is 27.4. The zero-order valence-corrected chi connectivity index (χ0v) is 15.5. The van der Waals surface area contributed by atoms with Crippen LogP contribution in [-0.4, -0.2) is 48.2 Å². The summed E-state index contributed by atoms with van der Waals surface area (Å²) in [5, 5.41) is 1.08. The van der Waals surface area contributed by atoms with Crippen molar-refractivity contribution in [2.75, 3.05) is 22.3 Å². The average molecular weight is 414 g/mol. The molecule has 2 heterocycles. The number of anilines is 1. The first-order valence-corrected chi connectivity index (χ1v) is 10.6. The van der Waals surface area contributed by atoms with Gasteiger partial charge < -0.3 is 4.90 Å². The summed E-state index contributed by atoms with van der Waals surface area (Å²) in [5.74, 6) is -0.693. The van der Waals surface area contributed by atoms with Gasteiger partial charge in [0, 0.05) is 10.3 Å². The molecule has 1 aromatic rings. The molecule has 5 nitrogen and oxygen atoms in total. The van der Waals surface area contributed by atoms with Crippen LogP contribution in [0.2, 0.25) is 10.0 Å². The van der Waals surface area contributed by atoms with Gasteiger partial charge in [0.25, 0.3) is 5.91 Å². The molecule has 0 aromatic heterocycles. The van der Waals surface area contributed by atoms with Crippen LogP contribution >= 0.6 is 46.6 Å². The summed E-state index contributed by atoms with van der Waals surface area (Å²) in [6.07, 6.45) is 0. The summed E-state index contributed by atoms with van der Waals surface area (Å²) in [5.41, 5.74) is 0.539. The highest BCUT2D eigenvalue weighted by Crippen LogP contribution is 2.43. The lowest BCUT2D eigenvalue weighted by atomic mass is 10.2. The molecule has 0 spiro atoms. The zero-order valence-electron chi connectivity index (χ0n) is 11.6. The maximum absolute atomic E-state index is 11.9. The van der Waals surface area contributed by atoms with Gasteiger partial charge in [-0.15, -0.1) is 11.6 Å². The highest BCUT2D eigenvalue weighted by atomic mass is 35.5. The van der Waals surface area contributed by atoms with Gasteiger partial charge in [0.2, 0.25) is 0 Å². The fourth-order valence-electron chi connectivity index (χ4n) is 2.65. The molecule has 23 heavy (non-hydrogen) atoms. The van der Waals surface area contributed by atoms with Crippen molar-refractivity contribution in [3.8, 4) is 0 Å². The van der Waals surface area contributed by atoms with Crippen LogP contribution in [0.25, 0.3) is 0 Å². The van der Waals surface area contributed by atoms with Crippen LogP contribution in [0, 0.1) is 0 Å². The summed E-state index contributed by atoms with van der Waals surface area (Å²) in [6, 6.07) is 4.57. The molecule has 2 aliphatic rings. The van der Waals surface area contributed by atoms with Crippen molar-refractivity contribution < 1.29 is 13.2 Å². The Labute approximate surface area is 152 Å². The Morgan fingerprint density at radius 3 is 2.78 bits per heavy atom. The number of nitrogens with zero attached hydrogens (tertiary/aromatic N) is 2. The number of carbonyl (C=O) groups excluding carboxylic acids is 1. The van der Waals surface area contributed by atoms with Crippen LogP contribution in [0.3, 0.4) is 0 Å². The summed E-state index contributed by atoms with van der Waals surface area (Å²) in [4.78, 5) is 17.3. The molecule has 0 saturated carbocycles. The molecule has 2 atom stereocenters. The van der Waals surface area contributed by atoms with Crippen molar-refractivity contribution in [2.45, 2.75) is 11.3 Å². The third-order valence-electron chi connectivity index (χ3n) is 3.57. The van der Waals surface area contributed by atoms with Gasteiger partial charge >= 0.3 is 0 Å². The minimum absolute atomic E-state index is 0.0123. The number of rotatable bonds is 2. The minimum atomic E-state index is -3.13. The highest BCUT2D eigenvalue weighted by molar-refractivity contribution is 8.16. The number of alkyl halides is 1. The molecule has 3 rings (SSSR count). The number of fused-ring (bicyclic) bond motifs is 1. The predicted octanol–water partition coefficient (Wildman–Crippen LogP) is 2.83. The first kappa shape index (κ1) is 17.4. The maximum atomic E-state index is 11.9. The molecule has 0 radical (unpaired) electrons. The topological polar surface area (TPSA) is 66.8 Å². The van der Waals surface area contributed by atoms with Crippen LogP contribution in [0.5, 0.6) is 0 Å². The molecule has 0 N–H and O–H groups in total. The van der Waals surface area contributed by atoms with Crippen LogP contribution in [0.1, 0.15) is 0 Å². The van der Waals surface area contributed by atoms with Crippen molar-refractivity contribution in [3.05, 3.63) is 28.2 Å². The third-order valence-corrected chi connectivity index (χ3v) is 7.56. The summed E-state index contributed by atoms with van der Waals surface area (Å²) in [6.45, 7) is 0. The van der Waals surface area contributed by atoms with Crippen molar-refractivity contribution in [1.82, 2.24) is 0 Å². The molecule has 10 heteroatoms. The van der Waals surface area contributed by atoms with E-state index in [4.69, 9.17) is 34.8 Å². The standard InChI is InChI=1S/C13H11Cl3N2O3S2/c14-4-12(19)17-13-18(9-3-7(15)1-2-8(9)16)10-5-23(20,21)6-11(10)22-13/h1-3,10-11H,4-6H2. The highest BCUT2D eigenvalue weighted by Gasteiger charge is 2.49. The number of amidine groups is 1. The van der Waals surface area contributed by atoms with Gasteiger partial charge in [0.05, 0.1) is 28.3 Å². The number of benzene rings is 1. The largest absolute Gasteiger partial charge is 0.314 e. The SMILES string of the molecule is O=C(CCl)N=C1SC2CS(=O)(=O)CC2N1c1cc(Cl)ccc1Cl. The maximum Gasteiger partial charge on any atom is 0.262 e. The summed E-state index contributed by atoms with van der Waals surface area (Å²) >= 11 is 19.1. The average Bonchev–Trinajstić information content (AvgIpc) is 2.92. The number of hydrogen-bond donors (Lipinski definition) is 0. The van der Waals surface area contributed by atoms with Crippen LogP contribution in [-0.2, 0) is 14.6 Å². The number of thioether (sulfide) groups is 1. The van der Waals surface area contributed by atoms with E-state index in [1.807, 2.05) is 0 Å². The second kappa shape index (κ2) is 6.44. The Morgan fingerprint density at radius 1 is 1.35 bits per heavy atom. The van der Waals surface area contributed by atoms with Crippen molar-refractivity contribution in [1.29, 1.82) is 0 Å². The van der Waals surface area contributed by atoms with Crippen LogP contribution in [0.15, 0.2) is 23.2 Å². The van der Waals surface area contributed by atoms with Crippen molar-refractivity contribution in [3.63, 3.8) is 0 Å². The lowest BCUT2D eigenvalue weighted by molar-refractivity contribution is -0.115. The molecule has 2 fully saturated rings. The third kappa shape index (κ3) is 3.49. The Kier molecular flexibility index (Phi) is 4.86. The van der Waals surface area contributed by atoms with E-state index in [1.54, 1.807) is 23.1 Å². The molecule has 2 unspecified atom stereocenters. The molecular weight excluding hydrogens is 403 g/mol. The van der Waals surface area contributed by atoms with E-state index in [0.717, 1.165) is 0 Å². The molecule has 2 aliphatic heterocycles. The lowest BCUT2D eigenvalue weighted by Crippen LogP contribution is -2.38. The number of amides is 1. The van der Waals surface area contributed by atoms with Gasteiger partial charge in [-0.05, 0) is 18.2 Å². The van der Waals surface area contributed by atoms with E-state index >= 15 is 0 Å². The molecule has 0 bridgehead atoms. The number of aliphatic imine (C=N–C) groups is 1. The van der Waals surface area contributed by atoms with E-state index in [9.17, 15) is 13.2 Å². The van der Waals surface area contributed by atoms with E-state index in [0.29, 0.717) is 20.9 Å². The molecular formula is C13H11Cl3N2O3S2. The molecule has 124 valence electrons. The van der Waals surface area contributed by atoms with Crippen LogP contribution < -0.4 is 4.90 Å². The number of sulfone groups is 1. The van der Waals surface area contributed by atoms with Crippen LogP contribution in [0.4, 0.5) is 5.69 Å². The fraction of sp³-hybridized carbons (Fsp3) is 0.385. The second-order valence-electron chi connectivity index (χ2n) is 5.19. The van der Waals surface area contributed by atoms with Crippen molar-refractivity contribution >= 4 is 73.2 Å². The van der Waals surface area contributed by atoms with E-state index in [-0.39, 0.29) is 28.7 Å². The van der Waals surface area contributed by atoms with E-state index < -0.39 is 15.7 Å². The fourth-order valence-corrected chi connectivity index (χ4v) is 7.01. The van der Waals surface area contributed by atoms with Gasteiger partial charge in [0.15, 0.2) is 15.0 Å². The Hall–Kier alpha value is -0.470.